The van der Waals surface area contributed by atoms with Gasteiger partial charge in [-0.2, -0.15) is 0 Å². The van der Waals surface area contributed by atoms with Gasteiger partial charge in [0.1, 0.15) is 0 Å². The lowest BCUT2D eigenvalue weighted by atomic mass is 10.0. The lowest BCUT2D eigenvalue weighted by Crippen LogP contribution is -2.34. The molecule has 2 unspecified atom stereocenters. The minimum atomic E-state index is -0.276. The van der Waals surface area contributed by atoms with Crippen molar-refractivity contribution < 1.29 is 9.53 Å². The summed E-state index contributed by atoms with van der Waals surface area (Å²) in [5.41, 5.74) is 2.85. The largest absolute Gasteiger partial charge is 0.465 e. The molecule has 1 N–H and O–H groups in total. The second-order valence-corrected chi connectivity index (χ2v) is 5.81. The van der Waals surface area contributed by atoms with E-state index in [9.17, 15) is 4.79 Å². The number of esters is 1. The number of aryl methyl sites for hydroxylation is 1. The van der Waals surface area contributed by atoms with E-state index < -0.39 is 0 Å². The van der Waals surface area contributed by atoms with Crippen molar-refractivity contribution in [2.24, 2.45) is 0 Å². The molecule has 4 heteroatoms. The predicted octanol–water partition coefficient (Wildman–Crippen LogP) is 2.43. The molecule has 2 heterocycles. The quantitative estimate of drug-likeness (QED) is 0.860. The van der Waals surface area contributed by atoms with Gasteiger partial charge in [0, 0.05) is 24.3 Å². The second kappa shape index (κ2) is 5.44. The maximum absolute atomic E-state index is 11.6. The Bertz CT molecular complexity index is 515. The zero-order valence-electron chi connectivity index (χ0n) is 12.2. The standard InChI is InChI=1S/C16H22N2O2/c1-11-5-6-12(16(19)20-2)10-14(11)17-13-7-9-18-8-3-4-15(13)18/h5-6,10,13,15,17H,3-4,7-9H2,1-2H3. The number of carbonyl (C=O) groups excluding carboxylic acids is 1. The molecule has 1 aromatic carbocycles. The lowest BCUT2D eigenvalue weighted by Gasteiger charge is -2.23. The van der Waals surface area contributed by atoms with Crippen LogP contribution in [0.15, 0.2) is 18.2 Å². The van der Waals surface area contributed by atoms with Crippen molar-refractivity contribution in [1.29, 1.82) is 0 Å². The molecule has 0 aromatic heterocycles. The number of anilines is 1. The highest BCUT2D eigenvalue weighted by atomic mass is 16.5. The summed E-state index contributed by atoms with van der Waals surface area (Å²) in [6, 6.07) is 6.89. The maximum Gasteiger partial charge on any atom is 0.337 e. The van der Waals surface area contributed by atoms with Crippen LogP contribution in [0.3, 0.4) is 0 Å². The van der Waals surface area contributed by atoms with E-state index in [2.05, 4.69) is 17.1 Å². The topological polar surface area (TPSA) is 41.6 Å². The highest BCUT2D eigenvalue weighted by Gasteiger charge is 2.37. The van der Waals surface area contributed by atoms with Crippen LogP contribution in [0.5, 0.6) is 0 Å². The van der Waals surface area contributed by atoms with E-state index in [1.54, 1.807) is 0 Å². The van der Waals surface area contributed by atoms with Gasteiger partial charge in [-0.05, 0) is 50.4 Å². The summed E-state index contributed by atoms with van der Waals surface area (Å²) in [6.45, 7) is 4.51. The Morgan fingerprint density at radius 1 is 1.35 bits per heavy atom. The number of ether oxygens (including phenoxy) is 1. The molecule has 1 aromatic rings. The molecule has 4 nitrogen and oxygen atoms in total. The van der Waals surface area contributed by atoms with Gasteiger partial charge in [0.15, 0.2) is 0 Å². The Morgan fingerprint density at radius 3 is 3.00 bits per heavy atom. The van der Waals surface area contributed by atoms with Gasteiger partial charge in [-0.15, -0.1) is 0 Å². The van der Waals surface area contributed by atoms with Gasteiger partial charge in [0.2, 0.25) is 0 Å². The third-order valence-corrected chi connectivity index (χ3v) is 4.61. The Morgan fingerprint density at radius 2 is 2.20 bits per heavy atom. The van der Waals surface area contributed by atoms with E-state index in [4.69, 9.17) is 4.74 Å². The minimum absolute atomic E-state index is 0.276. The first kappa shape index (κ1) is 13.4. The van der Waals surface area contributed by atoms with Crippen LogP contribution in [0, 0.1) is 6.92 Å². The maximum atomic E-state index is 11.6. The molecule has 2 atom stereocenters. The molecule has 2 saturated heterocycles. The van der Waals surface area contributed by atoms with Crippen molar-refractivity contribution in [2.45, 2.75) is 38.3 Å². The molecule has 0 saturated carbocycles. The molecular weight excluding hydrogens is 252 g/mol. The Labute approximate surface area is 120 Å². The van der Waals surface area contributed by atoms with E-state index >= 15 is 0 Å². The number of hydrogen-bond donors (Lipinski definition) is 1. The van der Waals surface area contributed by atoms with Gasteiger partial charge in [0.05, 0.1) is 12.7 Å². The highest BCUT2D eigenvalue weighted by molar-refractivity contribution is 5.90. The zero-order chi connectivity index (χ0) is 14.1. The Balaban J connectivity index is 1.78. The van der Waals surface area contributed by atoms with Crippen LogP contribution in [0.4, 0.5) is 5.69 Å². The summed E-state index contributed by atoms with van der Waals surface area (Å²) < 4.78 is 4.80. The van der Waals surface area contributed by atoms with Crippen LogP contribution < -0.4 is 5.32 Å². The van der Waals surface area contributed by atoms with E-state index in [-0.39, 0.29) is 5.97 Å². The van der Waals surface area contributed by atoms with Gasteiger partial charge in [-0.25, -0.2) is 4.79 Å². The first-order valence-electron chi connectivity index (χ1n) is 7.38. The summed E-state index contributed by atoms with van der Waals surface area (Å²) in [6.07, 6.45) is 3.78. The first-order chi connectivity index (χ1) is 9.69. The fraction of sp³-hybridized carbons (Fsp3) is 0.562. The summed E-state index contributed by atoms with van der Waals surface area (Å²) >= 11 is 0. The van der Waals surface area contributed by atoms with Crippen molar-refractivity contribution in [1.82, 2.24) is 4.90 Å². The van der Waals surface area contributed by atoms with Gasteiger partial charge < -0.3 is 10.1 Å². The van der Waals surface area contributed by atoms with Gasteiger partial charge in [0.25, 0.3) is 0 Å². The fourth-order valence-corrected chi connectivity index (χ4v) is 3.47. The number of carbonyl (C=O) groups is 1. The van der Waals surface area contributed by atoms with Crippen molar-refractivity contribution in [3.05, 3.63) is 29.3 Å². The molecule has 0 spiro atoms. The molecule has 108 valence electrons. The van der Waals surface area contributed by atoms with E-state index in [1.165, 1.54) is 45.0 Å². The van der Waals surface area contributed by atoms with Crippen molar-refractivity contribution in [3.63, 3.8) is 0 Å². The Kier molecular flexibility index (Phi) is 3.66. The number of benzene rings is 1. The van der Waals surface area contributed by atoms with Crippen LogP contribution in [-0.2, 0) is 4.74 Å². The highest BCUT2D eigenvalue weighted by Crippen LogP contribution is 2.31. The number of hydrogen-bond acceptors (Lipinski definition) is 4. The smallest absolute Gasteiger partial charge is 0.337 e. The molecule has 2 fully saturated rings. The number of methoxy groups -OCH3 is 1. The van der Waals surface area contributed by atoms with Gasteiger partial charge >= 0.3 is 5.97 Å². The third kappa shape index (κ3) is 2.40. The first-order valence-corrected chi connectivity index (χ1v) is 7.38. The molecule has 0 amide bonds. The number of fused-ring (bicyclic) bond motifs is 1. The average molecular weight is 274 g/mol. The van der Waals surface area contributed by atoms with E-state index in [1.807, 2.05) is 18.2 Å². The van der Waals surface area contributed by atoms with Gasteiger partial charge in [-0.3, -0.25) is 4.90 Å². The van der Waals surface area contributed by atoms with Crippen LogP contribution >= 0.6 is 0 Å². The molecule has 0 aliphatic carbocycles. The molecule has 2 aliphatic rings. The van der Waals surface area contributed by atoms with Crippen LogP contribution in [-0.4, -0.2) is 43.2 Å². The predicted molar refractivity (Wildman–Crippen MR) is 79.1 cm³/mol. The molecular formula is C16H22N2O2. The van der Waals surface area contributed by atoms with Crippen LogP contribution in [0.25, 0.3) is 0 Å². The molecule has 3 rings (SSSR count). The van der Waals surface area contributed by atoms with Crippen LogP contribution in [0.1, 0.15) is 35.2 Å². The zero-order valence-corrected chi connectivity index (χ0v) is 12.2. The monoisotopic (exact) mass is 274 g/mol. The fourth-order valence-electron chi connectivity index (χ4n) is 3.47. The summed E-state index contributed by atoms with van der Waals surface area (Å²) in [7, 11) is 1.42. The number of nitrogens with one attached hydrogen (secondary N) is 1. The SMILES string of the molecule is COC(=O)c1ccc(C)c(NC2CCN3CCCC23)c1. The summed E-state index contributed by atoms with van der Waals surface area (Å²) in [4.78, 5) is 14.2. The van der Waals surface area contributed by atoms with E-state index in [0.717, 1.165) is 5.69 Å². The number of nitrogens with zero attached hydrogens (tertiary/aromatic N) is 1. The second-order valence-electron chi connectivity index (χ2n) is 5.81. The normalized spacial score (nSPS) is 25.5. The summed E-state index contributed by atoms with van der Waals surface area (Å²) in [5.74, 6) is -0.276. The lowest BCUT2D eigenvalue weighted by molar-refractivity contribution is 0.0601. The van der Waals surface area contributed by atoms with Crippen LogP contribution in [0.2, 0.25) is 0 Å². The van der Waals surface area contributed by atoms with Crippen molar-refractivity contribution >= 4 is 11.7 Å². The van der Waals surface area contributed by atoms with Crippen molar-refractivity contribution in [3.8, 4) is 0 Å². The molecule has 2 aliphatic heterocycles. The molecule has 0 radical (unpaired) electrons. The minimum Gasteiger partial charge on any atom is -0.465 e. The number of rotatable bonds is 3. The summed E-state index contributed by atoms with van der Waals surface area (Å²) in [5, 5.41) is 3.65. The average Bonchev–Trinajstić information content (AvgIpc) is 3.05. The molecule has 0 bridgehead atoms. The van der Waals surface area contributed by atoms with E-state index in [0.29, 0.717) is 17.6 Å². The third-order valence-electron chi connectivity index (χ3n) is 4.61. The van der Waals surface area contributed by atoms with Crippen molar-refractivity contribution in [2.75, 3.05) is 25.5 Å². The van der Waals surface area contributed by atoms with Gasteiger partial charge in [-0.1, -0.05) is 6.07 Å². The molecule has 20 heavy (non-hydrogen) atoms. The Hall–Kier alpha value is -1.55.